The fourth-order valence-electron chi connectivity index (χ4n) is 2.82. The van der Waals surface area contributed by atoms with E-state index < -0.39 is 0 Å². The summed E-state index contributed by atoms with van der Waals surface area (Å²) in [7, 11) is 0. The maximum absolute atomic E-state index is 5.61. The highest BCUT2D eigenvalue weighted by Gasteiger charge is 2.09. The Morgan fingerprint density at radius 3 is 1.93 bits per heavy atom. The van der Waals surface area contributed by atoms with E-state index in [1.54, 1.807) is 0 Å². The highest BCUT2D eigenvalue weighted by molar-refractivity contribution is 6.12. The molecule has 0 amide bonds. The Balaban J connectivity index is 1.34. The Hall–Kier alpha value is -3.93. The van der Waals surface area contributed by atoms with Crippen LogP contribution in [-0.2, 0) is 17.9 Å². The number of ether oxygens (including phenoxy) is 1. The Bertz CT molecular complexity index is 1020. The highest BCUT2D eigenvalue weighted by Crippen LogP contribution is 2.13. The van der Waals surface area contributed by atoms with Gasteiger partial charge < -0.3 is 14.0 Å². The molecule has 30 heavy (non-hydrogen) atoms. The number of hydrogen-bond acceptors (Lipinski definition) is 6. The molecule has 0 aliphatic heterocycles. The summed E-state index contributed by atoms with van der Waals surface area (Å²) < 4.78 is 11.2. The number of benzene rings is 3. The second-order valence-corrected chi connectivity index (χ2v) is 6.45. The van der Waals surface area contributed by atoms with Crippen molar-refractivity contribution in [3.05, 3.63) is 114 Å². The molecule has 0 N–H and O–H groups in total. The molecule has 6 heteroatoms. The average molecular weight is 399 g/mol. The lowest BCUT2D eigenvalue weighted by atomic mass is 10.0. The Kier molecular flexibility index (Phi) is 6.48. The summed E-state index contributed by atoms with van der Waals surface area (Å²) >= 11 is 0. The zero-order valence-electron chi connectivity index (χ0n) is 16.3. The van der Waals surface area contributed by atoms with Crippen LogP contribution in [0.1, 0.15) is 22.9 Å². The molecule has 0 fully saturated rings. The number of oxime groups is 1. The van der Waals surface area contributed by atoms with E-state index >= 15 is 0 Å². The van der Waals surface area contributed by atoms with Crippen LogP contribution in [0.4, 0.5) is 0 Å². The fraction of sp³-hybridized carbons (Fsp3) is 0.125. The van der Waals surface area contributed by atoms with Gasteiger partial charge in [0.2, 0.25) is 5.89 Å². The van der Waals surface area contributed by atoms with E-state index in [-0.39, 0.29) is 6.61 Å². The molecule has 0 unspecified atom stereocenters. The predicted octanol–water partition coefficient (Wildman–Crippen LogP) is 4.66. The average Bonchev–Trinajstić information content (AvgIpc) is 3.27. The molecule has 0 atom stereocenters. The van der Waals surface area contributed by atoms with Gasteiger partial charge in [-0.1, -0.05) is 84.0 Å². The van der Waals surface area contributed by atoms with E-state index in [9.17, 15) is 0 Å². The van der Waals surface area contributed by atoms with E-state index in [1.807, 2.05) is 91.0 Å². The van der Waals surface area contributed by atoms with Crippen LogP contribution in [0.2, 0.25) is 0 Å². The van der Waals surface area contributed by atoms with Crippen LogP contribution in [0, 0.1) is 0 Å². The topological polar surface area (TPSA) is 69.7 Å². The lowest BCUT2D eigenvalue weighted by molar-refractivity contribution is 0.142. The van der Waals surface area contributed by atoms with E-state index in [2.05, 4.69) is 15.4 Å². The normalized spacial score (nSPS) is 10.4. The summed E-state index contributed by atoms with van der Waals surface area (Å²) in [5.74, 6) is 1.66. The van der Waals surface area contributed by atoms with E-state index in [1.165, 1.54) is 0 Å². The van der Waals surface area contributed by atoms with E-state index in [0.29, 0.717) is 24.8 Å². The molecule has 4 aromatic rings. The van der Waals surface area contributed by atoms with Crippen molar-refractivity contribution in [2.75, 3.05) is 6.61 Å². The third-order valence-electron chi connectivity index (χ3n) is 4.27. The van der Waals surface area contributed by atoms with Crippen LogP contribution in [0.25, 0.3) is 0 Å². The monoisotopic (exact) mass is 399 g/mol. The number of nitrogens with zero attached hydrogens (tertiary/aromatic N) is 3. The molecule has 0 aliphatic rings. The second-order valence-electron chi connectivity index (χ2n) is 6.45. The maximum Gasteiger partial charge on any atom is 0.253 e. The number of aromatic nitrogens is 2. The summed E-state index contributed by atoms with van der Waals surface area (Å²) in [6.45, 7) is 0.548. The minimum absolute atomic E-state index is 0.224. The maximum atomic E-state index is 5.61. The lowest BCUT2D eigenvalue weighted by Gasteiger charge is -2.07. The molecule has 0 bridgehead atoms. The van der Waals surface area contributed by atoms with Gasteiger partial charge in [-0.05, 0) is 12.1 Å². The van der Waals surface area contributed by atoms with Gasteiger partial charge in [-0.25, -0.2) is 0 Å². The summed E-state index contributed by atoms with van der Waals surface area (Å²) in [5, 5.41) is 12.4. The minimum atomic E-state index is 0.224. The molecule has 1 aromatic heterocycles. The molecule has 4 rings (SSSR count). The van der Waals surface area contributed by atoms with Gasteiger partial charge in [0.1, 0.15) is 18.1 Å². The third kappa shape index (κ3) is 5.32. The zero-order valence-corrected chi connectivity index (χ0v) is 16.3. The largest absolute Gasteiger partial charge is 0.484 e. The van der Waals surface area contributed by atoms with Crippen molar-refractivity contribution in [2.24, 2.45) is 5.16 Å². The molecule has 0 saturated heterocycles. The molecule has 150 valence electrons. The first-order valence-corrected chi connectivity index (χ1v) is 9.68. The van der Waals surface area contributed by atoms with Crippen molar-refractivity contribution < 1.29 is 14.0 Å². The number of hydrogen-bond donors (Lipinski definition) is 0. The minimum Gasteiger partial charge on any atom is -0.484 e. The SMILES string of the molecule is c1ccc(OCc2nnc(CCON=C(c3ccccc3)c3ccccc3)o2)cc1. The molecule has 1 heterocycles. The Morgan fingerprint density at radius 2 is 1.30 bits per heavy atom. The van der Waals surface area contributed by atoms with Crippen LogP contribution in [0.15, 0.2) is 101 Å². The summed E-state index contributed by atoms with van der Waals surface area (Å²) in [5.41, 5.74) is 2.75. The molecular formula is C24H21N3O3. The van der Waals surface area contributed by atoms with Gasteiger partial charge in [-0.3, -0.25) is 0 Å². The van der Waals surface area contributed by atoms with Crippen molar-refractivity contribution in [3.63, 3.8) is 0 Å². The molecule has 0 aliphatic carbocycles. The Morgan fingerprint density at radius 1 is 0.733 bits per heavy atom. The van der Waals surface area contributed by atoms with Crippen molar-refractivity contribution in [1.29, 1.82) is 0 Å². The lowest BCUT2D eigenvalue weighted by Crippen LogP contribution is -2.05. The first kappa shape index (κ1) is 19.4. The number of para-hydroxylation sites is 1. The van der Waals surface area contributed by atoms with E-state index in [0.717, 1.165) is 22.6 Å². The van der Waals surface area contributed by atoms with Gasteiger partial charge in [0, 0.05) is 11.1 Å². The van der Waals surface area contributed by atoms with Crippen LogP contribution < -0.4 is 4.74 Å². The van der Waals surface area contributed by atoms with Crippen LogP contribution in [0.5, 0.6) is 5.75 Å². The van der Waals surface area contributed by atoms with Gasteiger partial charge in [0.15, 0.2) is 6.61 Å². The predicted molar refractivity (Wildman–Crippen MR) is 113 cm³/mol. The summed E-state index contributed by atoms with van der Waals surface area (Å²) in [6, 6.07) is 29.4. The second kappa shape index (κ2) is 10.0. The standard InChI is InChI=1S/C24H21N3O3/c1-4-10-19(11-5-1)24(20-12-6-2-7-13-20)27-29-17-16-22-25-26-23(30-22)18-28-21-14-8-3-9-15-21/h1-15H,16-18H2. The summed E-state index contributed by atoms with van der Waals surface area (Å²) in [6.07, 6.45) is 0.457. The Labute approximate surface area is 174 Å². The molecule has 0 radical (unpaired) electrons. The molecular weight excluding hydrogens is 378 g/mol. The van der Waals surface area contributed by atoms with Gasteiger partial charge in [0.25, 0.3) is 5.89 Å². The smallest absolute Gasteiger partial charge is 0.253 e. The van der Waals surface area contributed by atoms with Gasteiger partial charge >= 0.3 is 0 Å². The molecule has 3 aromatic carbocycles. The molecule has 0 saturated carbocycles. The van der Waals surface area contributed by atoms with E-state index in [4.69, 9.17) is 14.0 Å². The van der Waals surface area contributed by atoms with Crippen LogP contribution >= 0.6 is 0 Å². The quantitative estimate of drug-likeness (QED) is 0.233. The van der Waals surface area contributed by atoms with Crippen molar-refractivity contribution in [1.82, 2.24) is 10.2 Å². The van der Waals surface area contributed by atoms with Gasteiger partial charge in [0.05, 0.1) is 6.42 Å². The fourth-order valence-corrected chi connectivity index (χ4v) is 2.82. The first-order valence-electron chi connectivity index (χ1n) is 9.68. The number of rotatable bonds is 9. The molecule has 6 nitrogen and oxygen atoms in total. The van der Waals surface area contributed by atoms with Crippen molar-refractivity contribution in [3.8, 4) is 5.75 Å². The van der Waals surface area contributed by atoms with Crippen LogP contribution in [0.3, 0.4) is 0 Å². The van der Waals surface area contributed by atoms with Crippen molar-refractivity contribution >= 4 is 5.71 Å². The molecule has 0 spiro atoms. The van der Waals surface area contributed by atoms with Crippen molar-refractivity contribution in [2.45, 2.75) is 13.0 Å². The summed E-state index contributed by atoms with van der Waals surface area (Å²) in [4.78, 5) is 5.58. The van der Waals surface area contributed by atoms with Gasteiger partial charge in [-0.2, -0.15) is 0 Å². The third-order valence-corrected chi connectivity index (χ3v) is 4.27. The van der Waals surface area contributed by atoms with Crippen LogP contribution in [-0.4, -0.2) is 22.5 Å². The first-order chi connectivity index (χ1) is 14.9. The zero-order chi connectivity index (χ0) is 20.4. The van der Waals surface area contributed by atoms with Gasteiger partial charge in [-0.15, -0.1) is 10.2 Å². The highest BCUT2D eigenvalue weighted by atomic mass is 16.6.